The van der Waals surface area contributed by atoms with Gasteiger partial charge in [0.15, 0.2) is 0 Å². The predicted octanol–water partition coefficient (Wildman–Crippen LogP) is 3.32. The number of nitrogens with two attached hydrogens (primary N) is 1. The van der Waals surface area contributed by atoms with E-state index in [1.54, 1.807) is 17.7 Å². The van der Waals surface area contributed by atoms with Crippen molar-refractivity contribution in [2.75, 3.05) is 11.9 Å². The second kappa shape index (κ2) is 5.30. The van der Waals surface area contributed by atoms with Crippen LogP contribution in [-0.4, -0.2) is 22.1 Å². The molecule has 2 heterocycles. The molecule has 0 spiro atoms. The number of aromatic nitrogens is 2. The maximum atomic E-state index is 6.12. The Labute approximate surface area is 123 Å². The number of aryl methyl sites for hydroxylation is 1. The van der Waals surface area contributed by atoms with E-state index in [1.807, 2.05) is 0 Å². The van der Waals surface area contributed by atoms with Crippen LogP contribution in [0.2, 0.25) is 0 Å². The van der Waals surface area contributed by atoms with Gasteiger partial charge >= 0.3 is 0 Å². The molecule has 0 radical (unpaired) electrons. The molecule has 1 aliphatic rings. The Bertz CT molecular complexity index is 609. The maximum absolute atomic E-state index is 6.12. The molecule has 3 N–H and O–H groups in total. The SMILES string of the molecule is Cc1csc2c(NC3(CN)CCCCC3C)ncnc12. The monoisotopic (exact) mass is 290 g/mol. The van der Waals surface area contributed by atoms with Gasteiger partial charge in [-0.3, -0.25) is 0 Å². The van der Waals surface area contributed by atoms with Gasteiger partial charge in [0, 0.05) is 6.54 Å². The van der Waals surface area contributed by atoms with Crippen LogP contribution in [0.5, 0.6) is 0 Å². The van der Waals surface area contributed by atoms with Crippen LogP contribution < -0.4 is 11.1 Å². The third-order valence-corrected chi connectivity index (χ3v) is 5.81. The second-order valence-electron chi connectivity index (χ2n) is 5.95. The number of hydrogen-bond donors (Lipinski definition) is 2. The zero-order valence-electron chi connectivity index (χ0n) is 12.1. The number of thiophene rings is 1. The van der Waals surface area contributed by atoms with E-state index >= 15 is 0 Å². The average Bonchev–Trinajstić information content (AvgIpc) is 2.84. The molecule has 3 rings (SSSR count). The van der Waals surface area contributed by atoms with Crippen molar-refractivity contribution in [2.24, 2.45) is 11.7 Å². The third kappa shape index (κ3) is 2.19. The van der Waals surface area contributed by atoms with E-state index in [1.165, 1.54) is 24.8 Å². The standard InChI is InChI=1S/C15H22N4S/c1-10-7-20-13-12(10)17-9-18-14(13)19-15(8-16)6-4-3-5-11(15)2/h7,9,11H,3-6,8,16H2,1-2H3,(H,17,18,19). The van der Waals surface area contributed by atoms with E-state index < -0.39 is 0 Å². The number of nitrogens with zero attached hydrogens (tertiary/aromatic N) is 2. The minimum atomic E-state index is -0.0164. The van der Waals surface area contributed by atoms with E-state index in [2.05, 4.69) is 34.5 Å². The van der Waals surface area contributed by atoms with Gasteiger partial charge in [-0.25, -0.2) is 9.97 Å². The summed E-state index contributed by atoms with van der Waals surface area (Å²) in [7, 11) is 0. The molecule has 0 bridgehead atoms. The van der Waals surface area contributed by atoms with E-state index in [-0.39, 0.29) is 5.54 Å². The number of hydrogen-bond acceptors (Lipinski definition) is 5. The summed E-state index contributed by atoms with van der Waals surface area (Å²) in [4.78, 5) is 8.86. The first-order chi connectivity index (χ1) is 9.66. The van der Waals surface area contributed by atoms with Gasteiger partial charge in [0.2, 0.25) is 0 Å². The van der Waals surface area contributed by atoms with Gasteiger partial charge in [-0.05, 0) is 36.6 Å². The second-order valence-corrected chi connectivity index (χ2v) is 6.83. The molecule has 0 saturated heterocycles. The molecule has 2 aromatic heterocycles. The summed E-state index contributed by atoms with van der Waals surface area (Å²) in [5.41, 5.74) is 8.38. The molecule has 1 fully saturated rings. The van der Waals surface area contributed by atoms with Crippen LogP contribution in [0, 0.1) is 12.8 Å². The highest BCUT2D eigenvalue weighted by Gasteiger charge is 2.37. The first-order valence-corrected chi connectivity index (χ1v) is 8.21. The molecule has 1 saturated carbocycles. The first-order valence-electron chi connectivity index (χ1n) is 7.33. The topological polar surface area (TPSA) is 63.8 Å². The Morgan fingerprint density at radius 1 is 1.45 bits per heavy atom. The van der Waals surface area contributed by atoms with Gasteiger partial charge < -0.3 is 11.1 Å². The van der Waals surface area contributed by atoms with E-state index in [9.17, 15) is 0 Å². The molecule has 0 amide bonds. The van der Waals surface area contributed by atoms with Crippen LogP contribution in [0.25, 0.3) is 10.2 Å². The molecule has 108 valence electrons. The highest BCUT2D eigenvalue weighted by molar-refractivity contribution is 7.18. The fourth-order valence-electron chi connectivity index (χ4n) is 3.25. The van der Waals surface area contributed by atoms with Gasteiger partial charge in [0.05, 0.1) is 15.8 Å². The summed E-state index contributed by atoms with van der Waals surface area (Å²) in [5, 5.41) is 5.83. The van der Waals surface area contributed by atoms with Crippen molar-refractivity contribution in [3.63, 3.8) is 0 Å². The average molecular weight is 290 g/mol. The lowest BCUT2D eigenvalue weighted by molar-refractivity contribution is 0.235. The number of nitrogens with one attached hydrogen (secondary N) is 1. The van der Waals surface area contributed by atoms with Crippen LogP contribution in [0.4, 0.5) is 5.82 Å². The minimum absolute atomic E-state index is 0.0164. The zero-order chi connectivity index (χ0) is 14.2. The summed E-state index contributed by atoms with van der Waals surface area (Å²) in [5.74, 6) is 1.53. The third-order valence-electron chi connectivity index (χ3n) is 4.72. The quantitative estimate of drug-likeness (QED) is 0.910. The van der Waals surface area contributed by atoms with Crippen molar-refractivity contribution in [1.82, 2.24) is 9.97 Å². The summed E-state index contributed by atoms with van der Waals surface area (Å²) in [6, 6.07) is 0. The molecule has 2 unspecified atom stereocenters. The summed E-state index contributed by atoms with van der Waals surface area (Å²) in [6.07, 6.45) is 6.57. The van der Waals surface area contributed by atoms with Crippen molar-refractivity contribution in [3.8, 4) is 0 Å². The molecular weight excluding hydrogens is 268 g/mol. The first kappa shape index (κ1) is 13.8. The minimum Gasteiger partial charge on any atom is -0.362 e. The van der Waals surface area contributed by atoms with Gasteiger partial charge in [0.1, 0.15) is 12.1 Å². The van der Waals surface area contributed by atoms with E-state index in [0.29, 0.717) is 12.5 Å². The van der Waals surface area contributed by atoms with E-state index in [0.717, 1.165) is 22.5 Å². The van der Waals surface area contributed by atoms with Gasteiger partial charge in [0.25, 0.3) is 0 Å². The van der Waals surface area contributed by atoms with Crippen LogP contribution in [0.1, 0.15) is 38.2 Å². The largest absolute Gasteiger partial charge is 0.362 e. The molecule has 1 aliphatic carbocycles. The van der Waals surface area contributed by atoms with Crippen molar-refractivity contribution in [3.05, 3.63) is 17.3 Å². The molecule has 4 nitrogen and oxygen atoms in total. The van der Waals surface area contributed by atoms with Crippen LogP contribution >= 0.6 is 11.3 Å². The van der Waals surface area contributed by atoms with E-state index in [4.69, 9.17) is 5.73 Å². The molecule has 0 aliphatic heterocycles. The Morgan fingerprint density at radius 2 is 2.30 bits per heavy atom. The lowest BCUT2D eigenvalue weighted by atomic mass is 9.73. The van der Waals surface area contributed by atoms with Crippen molar-refractivity contribution in [1.29, 1.82) is 0 Å². The maximum Gasteiger partial charge on any atom is 0.147 e. The Balaban J connectivity index is 1.99. The molecule has 5 heteroatoms. The number of rotatable bonds is 3. The van der Waals surface area contributed by atoms with Crippen LogP contribution in [-0.2, 0) is 0 Å². The fraction of sp³-hybridized carbons (Fsp3) is 0.600. The van der Waals surface area contributed by atoms with Gasteiger partial charge in [-0.15, -0.1) is 11.3 Å². The zero-order valence-corrected chi connectivity index (χ0v) is 13.0. The number of fused-ring (bicyclic) bond motifs is 1. The van der Waals surface area contributed by atoms with Crippen LogP contribution in [0.15, 0.2) is 11.7 Å². The highest BCUT2D eigenvalue weighted by atomic mass is 32.1. The fourth-order valence-corrected chi connectivity index (χ4v) is 4.19. The lowest BCUT2D eigenvalue weighted by Crippen LogP contribution is -2.52. The normalized spacial score (nSPS) is 26.9. The van der Waals surface area contributed by atoms with Crippen LogP contribution in [0.3, 0.4) is 0 Å². The number of anilines is 1. The van der Waals surface area contributed by atoms with Crippen molar-refractivity contribution < 1.29 is 0 Å². The molecule has 2 aromatic rings. The molecule has 2 atom stereocenters. The summed E-state index contributed by atoms with van der Waals surface area (Å²) in [6.45, 7) is 5.05. The van der Waals surface area contributed by atoms with Crippen molar-refractivity contribution in [2.45, 2.75) is 45.1 Å². The molecular formula is C15H22N4S. The Kier molecular flexibility index (Phi) is 3.65. The predicted molar refractivity (Wildman–Crippen MR) is 85.2 cm³/mol. The van der Waals surface area contributed by atoms with Gasteiger partial charge in [-0.2, -0.15) is 0 Å². The van der Waals surface area contributed by atoms with Crippen molar-refractivity contribution >= 4 is 27.4 Å². The Hall–Kier alpha value is -1.20. The lowest BCUT2D eigenvalue weighted by Gasteiger charge is -2.43. The highest BCUT2D eigenvalue weighted by Crippen LogP contribution is 2.38. The molecule has 0 aromatic carbocycles. The van der Waals surface area contributed by atoms with Gasteiger partial charge in [-0.1, -0.05) is 19.8 Å². The summed E-state index contributed by atoms with van der Waals surface area (Å²) >= 11 is 1.71. The smallest absolute Gasteiger partial charge is 0.147 e. The summed E-state index contributed by atoms with van der Waals surface area (Å²) < 4.78 is 1.15. The Morgan fingerprint density at radius 3 is 3.05 bits per heavy atom. The molecule has 20 heavy (non-hydrogen) atoms.